The van der Waals surface area contributed by atoms with Gasteiger partial charge in [-0.15, -0.1) is 0 Å². The zero-order chi connectivity index (χ0) is 20.3. The topological polar surface area (TPSA) is 105 Å². The van der Waals surface area contributed by atoms with E-state index >= 15 is 0 Å². The van der Waals surface area contributed by atoms with Gasteiger partial charge in [0.2, 0.25) is 0 Å². The SMILES string of the molecule is COc1ccc(CCCc2ccc(N3CC(=O)NS3(=O)=O)c(O)c2)cc1OC. The van der Waals surface area contributed by atoms with E-state index in [1.54, 1.807) is 20.3 Å². The number of aryl methyl sites for hydroxylation is 2. The number of nitrogens with one attached hydrogen (secondary N) is 1. The second kappa shape index (κ2) is 7.97. The second-order valence-corrected chi connectivity index (χ2v) is 8.00. The van der Waals surface area contributed by atoms with Crippen LogP contribution in [0.15, 0.2) is 36.4 Å². The Morgan fingerprint density at radius 1 is 1.04 bits per heavy atom. The van der Waals surface area contributed by atoms with Crippen LogP contribution in [0.3, 0.4) is 0 Å². The minimum atomic E-state index is -3.94. The van der Waals surface area contributed by atoms with Crippen molar-refractivity contribution in [2.24, 2.45) is 0 Å². The molecule has 0 aromatic heterocycles. The van der Waals surface area contributed by atoms with Crippen LogP contribution in [0, 0.1) is 0 Å². The molecule has 0 spiro atoms. The molecular formula is C19H22N2O6S. The molecule has 0 atom stereocenters. The standard InChI is InChI=1S/C19H22N2O6S/c1-26-17-9-7-14(11-18(17)27-2)5-3-4-13-6-8-15(16(22)10-13)21-12-19(23)20-28(21,24)25/h6-11,22H,3-5,12H2,1-2H3,(H,20,23). The molecule has 0 aliphatic carbocycles. The highest BCUT2D eigenvalue weighted by molar-refractivity contribution is 7.92. The van der Waals surface area contributed by atoms with Crippen LogP contribution in [0.2, 0.25) is 0 Å². The number of hydrogen-bond donors (Lipinski definition) is 2. The van der Waals surface area contributed by atoms with Crippen molar-refractivity contribution in [1.29, 1.82) is 0 Å². The van der Waals surface area contributed by atoms with E-state index in [0.717, 1.165) is 28.3 Å². The minimum absolute atomic E-state index is 0.0852. The third-order valence-electron chi connectivity index (χ3n) is 4.51. The fourth-order valence-corrected chi connectivity index (χ4v) is 4.29. The van der Waals surface area contributed by atoms with E-state index in [-0.39, 0.29) is 18.0 Å². The largest absolute Gasteiger partial charge is 0.506 e. The normalized spacial score (nSPS) is 15.4. The number of benzene rings is 2. The van der Waals surface area contributed by atoms with Gasteiger partial charge in [-0.05, 0) is 54.7 Å². The Labute approximate surface area is 163 Å². The molecule has 28 heavy (non-hydrogen) atoms. The molecule has 0 radical (unpaired) electrons. The average molecular weight is 406 g/mol. The van der Waals surface area contributed by atoms with Gasteiger partial charge in [0.15, 0.2) is 11.5 Å². The van der Waals surface area contributed by atoms with Gasteiger partial charge < -0.3 is 14.6 Å². The summed E-state index contributed by atoms with van der Waals surface area (Å²) in [5.41, 5.74) is 2.06. The summed E-state index contributed by atoms with van der Waals surface area (Å²) in [6.07, 6.45) is 2.34. The van der Waals surface area contributed by atoms with E-state index < -0.39 is 16.1 Å². The summed E-state index contributed by atoms with van der Waals surface area (Å²) in [4.78, 5) is 11.4. The summed E-state index contributed by atoms with van der Waals surface area (Å²) in [6, 6.07) is 10.6. The molecule has 0 saturated carbocycles. The molecule has 2 N–H and O–H groups in total. The van der Waals surface area contributed by atoms with Crippen molar-refractivity contribution in [3.8, 4) is 17.2 Å². The Kier molecular flexibility index (Phi) is 5.64. The molecule has 1 fully saturated rings. The summed E-state index contributed by atoms with van der Waals surface area (Å²) in [5, 5.41) is 10.2. The smallest absolute Gasteiger partial charge is 0.326 e. The van der Waals surface area contributed by atoms with Crippen LogP contribution in [-0.4, -0.2) is 40.2 Å². The lowest BCUT2D eigenvalue weighted by Crippen LogP contribution is -2.29. The van der Waals surface area contributed by atoms with Crippen LogP contribution in [-0.2, 0) is 27.8 Å². The van der Waals surface area contributed by atoms with Crippen molar-refractivity contribution in [2.75, 3.05) is 25.1 Å². The molecule has 9 heteroatoms. The monoisotopic (exact) mass is 406 g/mol. The van der Waals surface area contributed by atoms with Gasteiger partial charge >= 0.3 is 10.2 Å². The Bertz CT molecular complexity index is 990. The third kappa shape index (κ3) is 4.14. The molecule has 2 aromatic carbocycles. The highest BCUT2D eigenvalue weighted by atomic mass is 32.2. The van der Waals surface area contributed by atoms with Crippen LogP contribution < -0.4 is 18.5 Å². The Morgan fingerprint density at radius 3 is 2.25 bits per heavy atom. The van der Waals surface area contributed by atoms with E-state index in [0.29, 0.717) is 17.9 Å². The highest BCUT2D eigenvalue weighted by Crippen LogP contribution is 2.32. The summed E-state index contributed by atoms with van der Waals surface area (Å²) < 4.78 is 37.1. The maximum atomic E-state index is 11.9. The highest BCUT2D eigenvalue weighted by Gasteiger charge is 2.35. The van der Waals surface area contributed by atoms with Crippen molar-refractivity contribution in [2.45, 2.75) is 19.3 Å². The number of phenols is 1. The fourth-order valence-electron chi connectivity index (χ4n) is 3.13. The Hall–Kier alpha value is -2.94. The number of amides is 1. The molecule has 1 aliphatic rings. The van der Waals surface area contributed by atoms with Gasteiger partial charge in [0.1, 0.15) is 12.3 Å². The molecule has 150 valence electrons. The number of anilines is 1. The molecule has 0 bridgehead atoms. The summed E-state index contributed by atoms with van der Waals surface area (Å²) >= 11 is 0. The number of nitrogens with zero attached hydrogens (tertiary/aromatic N) is 1. The quantitative estimate of drug-likeness (QED) is 0.726. The number of ether oxygens (including phenoxy) is 2. The summed E-state index contributed by atoms with van der Waals surface area (Å²) in [5.74, 6) is 0.552. The first-order valence-electron chi connectivity index (χ1n) is 8.70. The Morgan fingerprint density at radius 2 is 1.68 bits per heavy atom. The predicted molar refractivity (Wildman–Crippen MR) is 104 cm³/mol. The lowest BCUT2D eigenvalue weighted by atomic mass is 10.0. The lowest BCUT2D eigenvalue weighted by Gasteiger charge is -2.16. The molecule has 1 aliphatic heterocycles. The van der Waals surface area contributed by atoms with Crippen LogP contribution >= 0.6 is 0 Å². The molecule has 2 aromatic rings. The van der Waals surface area contributed by atoms with E-state index in [9.17, 15) is 18.3 Å². The number of rotatable bonds is 7. The molecule has 8 nitrogen and oxygen atoms in total. The van der Waals surface area contributed by atoms with E-state index in [1.807, 2.05) is 22.9 Å². The van der Waals surface area contributed by atoms with Crippen molar-refractivity contribution in [3.05, 3.63) is 47.5 Å². The zero-order valence-electron chi connectivity index (χ0n) is 15.6. The molecule has 3 rings (SSSR count). The van der Waals surface area contributed by atoms with Gasteiger partial charge in [-0.2, -0.15) is 8.42 Å². The van der Waals surface area contributed by atoms with Crippen molar-refractivity contribution >= 4 is 21.8 Å². The zero-order valence-corrected chi connectivity index (χ0v) is 16.5. The van der Waals surface area contributed by atoms with E-state index in [4.69, 9.17) is 9.47 Å². The number of methoxy groups -OCH3 is 2. The molecule has 1 saturated heterocycles. The first-order valence-corrected chi connectivity index (χ1v) is 10.1. The van der Waals surface area contributed by atoms with Crippen LogP contribution in [0.1, 0.15) is 17.5 Å². The third-order valence-corrected chi connectivity index (χ3v) is 5.90. The first kappa shape index (κ1) is 19.8. The van der Waals surface area contributed by atoms with Crippen LogP contribution in [0.4, 0.5) is 5.69 Å². The van der Waals surface area contributed by atoms with Gasteiger partial charge in [0.25, 0.3) is 5.91 Å². The molecule has 1 heterocycles. The maximum absolute atomic E-state index is 11.9. The van der Waals surface area contributed by atoms with Crippen molar-refractivity contribution < 1.29 is 27.8 Å². The predicted octanol–water partition coefficient (Wildman–Crippen LogP) is 1.77. The number of aromatic hydroxyl groups is 1. The first-order chi connectivity index (χ1) is 13.3. The maximum Gasteiger partial charge on any atom is 0.326 e. The van der Waals surface area contributed by atoms with E-state index in [1.165, 1.54) is 12.1 Å². The van der Waals surface area contributed by atoms with Gasteiger partial charge in [-0.1, -0.05) is 12.1 Å². The minimum Gasteiger partial charge on any atom is -0.506 e. The van der Waals surface area contributed by atoms with Gasteiger partial charge in [-0.25, -0.2) is 9.03 Å². The van der Waals surface area contributed by atoms with E-state index in [2.05, 4.69) is 0 Å². The fraction of sp³-hybridized carbons (Fsp3) is 0.316. The van der Waals surface area contributed by atoms with Crippen LogP contribution in [0.25, 0.3) is 0 Å². The molecule has 0 unspecified atom stereocenters. The number of carbonyl (C=O) groups is 1. The second-order valence-electron chi connectivity index (χ2n) is 6.40. The lowest BCUT2D eigenvalue weighted by molar-refractivity contribution is -0.117. The van der Waals surface area contributed by atoms with Crippen LogP contribution in [0.5, 0.6) is 17.2 Å². The molecular weight excluding hydrogens is 384 g/mol. The van der Waals surface area contributed by atoms with Crippen molar-refractivity contribution in [3.63, 3.8) is 0 Å². The summed E-state index contributed by atoms with van der Waals surface area (Å²) in [6.45, 7) is -0.339. The summed E-state index contributed by atoms with van der Waals surface area (Å²) in [7, 11) is -0.755. The average Bonchev–Trinajstić information content (AvgIpc) is 2.93. The van der Waals surface area contributed by atoms with Crippen molar-refractivity contribution in [1.82, 2.24) is 4.72 Å². The number of carbonyl (C=O) groups excluding carboxylic acids is 1. The van der Waals surface area contributed by atoms with Gasteiger partial charge in [0.05, 0.1) is 19.9 Å². The number of phenolic OH excluding ortho intramolecular Hbond substituents is 1. The van der Waals surface area contributed by atoms with Gasteiger partial charge in [-0.3, -0.25) is 4.79 Å². The number of hydrogen-bond acceptors (Lipinski definition) is 6. The van der Waals surface area contributed by atoms with Gasteiger partial charge in [0, 0.05) is 0 Å². The molecule has 1 amide bonds. The Balaban J connectivity index is 1.65.